The predicted octanol–water partition coefficient (Wildman–Crippen LogP) is 1.68. The molecule has 1 aromatic carbocycles. The van der Waals surface area contributed by atoms with Crippen LogP contribution in [0.4, 0.5) is 0 Å². The first-order valence-corrected chi connectivity index (χ1v) is 7.52. The minimum atomic E-state index is -3.34. The first-order chi connectivity index (χ1) is 8.13. The minimum absolute atomic E-state index is 0.137. The maximum Gasteiger partial charge on any atom is 0.175 e. The highest BCUT2D eigenvalue weighted by molar-refractivity contribution is 7.90. The Labute approximate surface area is 109 Å². The van der Waals surface area contributed by atoms with Gasteiger partial charge in [0.2, 0.25) is 0 Å². The molecule has 0 fully saturated rings. The number of benzene rings is 1. The van der Waals surface area contributed by atoms with E-state index in [1.807, 2.05) is 0 Å². The second-order valence-corrected chi connectivity index (χ2v) is 7.12. The fraction of sp³-hybridized carbons (Fsp3) is 0.538. The Hall–Kier alpha value is -1.07. The molecule has 0 radical (unpaired) electrons. The number of aliphatic hydroxyl groups excluding tert-OH is 1. The molecule has 0 heterocycles. The summed E-state index contributed by atoms with van der Waals surface area (Å²) >= 11 is 0. The molecule has 0 saturated carbocycles. The van der Waals surface area contributed by atoms with Crippen molar-refractivity contribution in [3.63, 3.8) is 0 Å². The molecule has 5 heteroatoms. The van der Waals surface area contributed by atoms with Gasteiger partial charge in [0.1, 0.15) is 5.75 Å². The maximum absolute atomic E-state index is 11.8. The van der Waals surface area contributed by atoms with Crippen LogP contribution in [0.2, 0.25) is 0 Å². The normalized spacial score (nSPS) is 12.6. The molecule has 4 nitrogen and oxygen atoms in total. The molecule has 0 saturated heterocycles. The SMILES string of the molecule is COc1cc(C(C)(C)CO)c(S(C)(=O)=O)cc1C. The second-order valence-electron chi connectivity index (χ2n) is 5.13. The van der Waals surface area contributed by atoms with Crippen LogP contribution in [-0.2, 0) is 15.3 Å². The van der Waals surface area contributed by atoms with Gasteiger partial charge in [-0.05, 0) is 30.2 Å². The van der Waals surface area contributed by atoms with Gasteiger partial charge >= 0.3 is 0 Å². The molecule has 1 aromatic rings. The van der Waals surface area contributed by atoms with Crippen molar-refractivity contribution in [1.29, 1.82) is 0 Å². The molecule has 0 bridgehead atoms. The summed E-state index contributed by atoms with van der Waals surface area (Å²) in [6, 6.07) is 3.29. The summed E-state index contributed by atoms with van der Waals surface area (Å²) in [5, 5.41) is 9.43. The third-order valence-corrected chi connectivity index (χ3v) is 4.16. The van der Waals surface area contributed by atoms with Gasteiger partial charge in [0.15, 0.2) is 9.84 Å². The van der Waals surface area contributed by atoms with Gasteiger partial charge in [0.25, 0.3) is 0 Å². The summed E-state index contributed by atoms with van der Waals surface area (Å²) in [7, 11) is -1.80. The lowest BCUT2D eigenvalue weighted by atomic mass is 9.85. The Bertz CT molecular complexity index is 544. The Morgan fingerprint density at radius 3 is 2.28 bits per heavy atom. The average molecular weight is 272 g/mol. The first-order valence-electron chi connectivity index (χ1n) is 5.63. The zero-order chi connectivity index (χ0) is 14.1. The van der Waals surface area contributed by atoms with E-state index in [4.69, 9.17) is 4.74 Å². The fourth-order valence-electron chi connectivity index (χ4n) is 1.80. The lowest BCUT2D eigenvalue weighted by molar-refractivity contribution is 0.216. The molecule has 0 unspecified atom stereocenters. The van der Waals surface area contributed by atoms with Gasteiger partial charge in [-0.2, -0.15) is 0 Å². The van der Waals surface area contributed by atoms with Gasteiger partial charge in [-0.25, -0.2) is 8.42 Å². The Morgan fingerprint density at radius 2 is 1.89 bits per heavy atom. The average Bonchev–Trinajstić information content (AvgIpc) is 2.27. The largest absolute Gasteiger partial charge is 0.496 e. The van der Waals surface area contributed by atoms with Crippen LogP contribution >= 0.6 is 0 Å². The van der Waals surface area contributed by atoms with Crippen molar-refractivity contribution in [2.45, 2.75) is 31.1 Å². The summed E-state index contributed by atoms with van der Waals surface area (Å²) < 4.78 is 28.9. The molecule has 0 aliphatic heterocycles. The zero-order valence-corrected chi connectivity index (χ0v) is 12.3. The van der Waals surface area contributed by atoms with Crippen molar-refractivity contribution < 1.29 is 18.3 Å². The summed E-state index contributed by atoms with van der Waals surface area (Å²) in [6.07, 6.45) is 1.17. The summed E-state index contributed by atoms with van der Waals surface area (Å²) in [6.45, 7) is 5.25. The van der Waals surface area contributed by atoms with E-state index in [1.165, 1.54) is 13.4 Å². The monoisotopic (exact) mass is 272 g/mol. The number of hydrogen-bond acceptors (Lipinski definition) is 4. The van der Waals surface area contributed by atoms with E-state index in [0.717, 1.165) is 5.56 Å². The zero-order valence-electron chi connectivity index (χ0n) is 11.4. The minimum Gasteiger partial charge on any atom is -0.496 e. The van der Waals surface area contributed by atoms with Crippen molar-refractivity contribution in [3.05, 3.63) is 23.3 Å². The highest BCUT2D eigenvalue weighted by atomic mass is 32.2. The van der Waals surface area contributed by atoms with Crippen LogP contribution in [-0.4, -0.2) is 33.5 Å². The first kappa shape index (κ1) is 15.0. The molecule has 0 atom stereocenters. The number of aryl methyl sites for hydroxylation is 1. The number of rotatable bonds is 4. The number of methoxy groups -OCH3 is 1. The van der Waals surface area contributed by atoms with Crippen LogP contribution in [0.1, 0.15) is 25.0 Å². The third-order valence-electron chi connectivity index (χ3n) is 3.02. The second kappa shape index (κ2) is 4.90. The van der Waals surface area contributed by atoms with Crippen molar-refractivity contribution in [3.8, 4) is 5.75 Å². The lowest BCUT2D eigenvalue weighted by Crippen LogP contribution is -2.25. The van der Waals surface area contributed by atoms with Crippen LogP contribution in [0, 0.1) is 6.92 Å². The molecular weight excluding hydrogens is 252 g/mol. The quantitative estimate of drug-likeness (QED) is 0.905. The molecule has 18 heavy (non-hydrogen) atoms. The van der Waals surface area contributed by atoms with Gasteiger partial charge < -0.3 is 9.84 Å². The molecule has 1 N–H and O–H groups in total. The fourth-order valence-corrected chi connectivity index (χ4v) is 2.93. The Kier molecular flexibility index (Phi) is 4.08. The molecule has 0 amide bonds. The van der Waals surface area contributed by atoms with E-state index in [0.29, 0.717) is 11.3 Å². The van der Waals surface area contributed by atoms with Crippen LogP contribution in [0.3, 0.4) is 0 Å². The van der Waals surface area contributed by atoms with E-state index >= 15 is 0 Å². The van der Waals surface area contributed by atoms with Crippen molar-refractivity contribution in [1.82, 2.24) is 0 Å². The van der Waals surface area contributed by atoms with E-state index < -0.39 is 15.3 Å². The van der Waals surface area contributed by atoms with Crippen LogP contribution < -0.4 is 4.74 Å². The smallest absolute Gasteiger partial charge is 0.175 e. The van der Waals surface area contributed by atoms with E-state index in [1.54, 1.807) is 32.9 Å². The molecular formula is C13H20O4S. The highest BCUT2D eigenvalue weighted by Gasteiger charge is 2.28. The Morgan fingerprint density at radius 1 is 1.33 bits per heavy atom. The topological polar surface area (TPSA) is 63.6 Å². The van der Waals surface area contributed by atoms with E-state index in [9.17, 15) is 13.5 Å². The summed E-state index contributed by atoms with van der Waals surface area (Å²) in [5.74, 6) is 0.624. The molecule has 0 spiro atoms. The summed E-state index contributed by atoms with van der Waals surface area (Å²) in [4.78, 5) is 0.250. The lowest BCUT2D eigenvalue weighted by Gasteiger charge is -2.26. The molecule has 102 valence electrons. The molecule has 0 aliphatic carbocycles. The standard InChI is InChI=1S/C13H20O4S/c1-9-6-12(18(5,15)16)10(7-11(9)17-4)13(2,3)8-14/h6-7,14H,8H2,1-5H3. The van der Waals surface area contributed by atoms with Crippen molar-refractivity contribution in [2.24, 2.45) is 0 Å². The van der Waals surface area contributed by atoms with Crippen LogP contribution in [0.5, 0.6) is 5.75 Å². The van der Waals surface area contributed by atoms with Gasteiger partial charge in [0, 0.05) is 11.7 Å². The number of aliphatic hydroxyl groups is 1. The summed E-state index contributed by atoms with van der Waals surface area (Å²) in [5.41, 5.74) is 0.699. The van der Waals surface area contributed by atoms with E-state index in [2.05, 4.69) is 0 Å². The number of hydrogen-bond donors (Lipinski definition) is 1. The van der Waals surface area contributed by atoms with Gasteiger partial charge in [-0.3, -0.25) is 0 Å². The molecule has 1 rings (SSSR count). The van der Waals surface area contributed by atoms with Gasteiger partial charge in [0.05, 0.1) is 18.6 Å². The van der Waals surface area contributed by atoms with E-state index in [-0.39, 0.29) is 11.5 Å². The third kappa shape index (κ3) is 2.84. The highest BCUT2D eigenvalue weighted by Crippen LogP contribution is 2.34. The van der Waals surface area contributed by atoms with Crippen molar-refractivity contribution >= 4 is 9.84 Å². The molecule has 0 aromatic heterocycles. The van der Waals surface area contributed by atoms with Crippen LogP contribution in [0.15, 0.2) is 17.0 Å². The molecule has 0 aliphatic rings. The Balaban J connectivity index is 3.66. The predicted molar refractivity (Wildman–Crippen MR) is 71.0 cm³/mol. The maximum atomic E-state index is 11.8. The van der Waals surface area contributed by atoms with Crippen LogP contribution in [0.25, 0.3) is 0 Å². The van der Waals surface area contributed by atoms with Gasteiger partial charge in [-0.15, -0.1) is 0 Å². The number of ether oxygens (including phenoxy) is 1. The number of sulfone groups is 1. The van der Waals surface area contributed by atoms with Crippen molar-refractivity contribution in [2.75, 3.05) is 20.0 Å². The van der Waals surface area contributed by atoms with Gasteiger partial charge in [-0.1, -0.05) is 13.8 Å².